The molecule has 1 aliphatic rings. The third-order valence-electron chi connectivity index (χ3n) is 4.07. The first-order valence-electron chi connectivity index (χ1n) is 6.75. The highest BCUT2D eigenvalue weighted by atomic mass is 15.2. The summed E-state index contributed by atoms with van der Waals surface area (Å²) >= 11 is 0. The van der Waals surface area contributed by atoms with Crippen molar-refractivity contribution >= 4 is 0 Å². The molecule has 2 N–H and O–H groups in total. The van der Waals surface area contributed by atoms with E-state index in [1.54, 1.807) is 0 Å². The van der Waals surface area contributed by atoms with Gasteiger partial charge in [0.2, 0.25) is 0 Å². The summed E-state index contributed by atoms with van der Waals surface area (Å²) in [5, 5.41) is 0. The molecular formula is C15H24N2. The molecule has 1 fully saturated rings. The van der Waals surface area contributed by atoms with Crippen LogP contribution in [0.2, 0.25) is 0 Å². The van der Waals surface area contributed by atoms with Gasteiger partial charge < -0.3 is 5.73 Å². The van der Waals surface area contributed by atoms with Gasteiger partial charge in [-0.3, -0.25) is 4.90 Å². The Labute approximate surface area is 105 Å². The van der Waals surface area contributed by atoms with Crippen LogP contribution in [0.25, 0.3) is 0 Å². The van der Waals surface area contributed by atoms with E-state index >= 15 is 0 Å². The van der Waals surface area contributed by atoms with Crippen LogP contribution in [0.15, 0.2) is 24.3 Å². The van der Waals surface area contributed by atoms with Crippen LogP contribution in [0, 0.1) is 0 Å². The normalized spacial score (nSPS) is 26.1. The van der Waals surface area contributed by atoms with Gasteiger partial charge in [-0.05, 0) is 37.8 Å². The largest absolute Gasteiger partial charge is 0.326 e. The van der Waals surface area contributed by atoms with E-state index in [2.05, 4.69) is 43.0 Å². The first-order chi connectivity index (χ1) is 8.22. The Hall–Kier alpha value is -0.860. The lowest BCUT2D eigenvalue weighted by Gasteiger charge is -2.39. The Bertz CT molecular complexity index is 352. The summed E-state index contributed by atoms with van der Waals surface area (Å²) in [6, 6.07) is 9.96. The number of rotatable bonds is 3. The van der Waals surface area contributed by atoms with Crippen LogP contribution >= 0.6 is 0 Å². The van der Waals surface area contributed by atoms with E-state index in [9.17, 15) is 0 Å². The van der Waals surface area contributed by atoms with Crippen molar-refractivity contribution in [3.8, 4) is 0 Å². The van der Waals surface area contributed by atoms with E-state index in [0.717, 1.165) is 6.54 Å². The van der Waals surface area contributed by atoms with Crippen molar-refractivity contribution in [2.24, 2.45) is 5.73 Å². The SMILES string of the molecule is C[C@@H]1CCC[C@H](C)N1Cc1ccccc1CN. The van der Waals surface area contributed by atoms with Gasteiger partial charge in [0.1, 0.15) is 0 Å². The van der Waals surface area contributed by atoms with Gasteiger partial charge in [0.05, 0.1) is 0 Å². The van der Waals surface area contributed by atoms with Gasteiger partial charge in [-0.25, -0.2) is 0 Å². The van der Waals surface area contributed by atoms with Gasteiger partial charge in [0.15, 0.2) is 0 Å². The van der Waals surface area contributed by atoms with Crippen molar-refractivity contribution in [2.45, 2.75) is 58.3 Å². The van der Waals surface area contributed by atoms with Crippen molar-refractivity contribution in [2.75, 3.05) is 0 Å². The van der Waals surface area contributed by atoms with Crippen molar-refractivity contribution in [1.29, 1.82) is 0 Å². The molecule has 17 heavy (non-hydrogen) atoms. The van der Waals surface area contributed by atoms with Gasteiger partial charge in [-0.15, -0.1) is 0 Å². The van der Waals surface area contributed by atoms with Gasteiger partial charge in [-0.1, -0.05) is 30.7 Å². The van der Waals surface area contributed by atoms with Crippen molar-refractivity contribution in [3.05, 3.63) is 35.4 Å². The molecule has 0 unspecified atom stereocenters. The monoisotopic (exact) mass is 232 g/mol. The van der Waals surface area contributed by atoms with E-state index in [0.29, 0.717) is 18.6 Å². The fourth-order valence-corrected chi connectivity index (χ4v) is 2.89. The van der Waals surface area contributed by atoms with E-state index < -0.39 is 0 Å². The molecule has 2 heteroatoms. The first-order valence-corrected chi connectivity index (χ1v) is 6.75. The third-order valence-corrected chi connectivity index (χ3v) is 4.07. The van der Waals surface area contributed by atoms with Crippen LogP contribution in [0.3, 0.4) is 0 Å². The molecule has 1 aromatic carbocycles. The van der Waals surface area contributed by atoms with Crippen molar-refractivity contribution < 1.29 is 0 Å². The van der Waals surface area contributed by atoms with E-state index in [4.69, 9.17) is 5.73 Å². The molecule has 0 radical (unpaired) electrons. The maximum atomic E-state index is 5.81. The highest BCUT2D eigenvalue weighted by Gasteiger charge is 2.24. The topological polar surface area (TPSA) is 29.3 Å². The predicted octanol–water partition coefficient (Wildman–Crippen LogP) is 2.91. The molecule has 0 spiro atoms. The minimum Gasteiger partial charge on any atom is -0.326 e. The zero-order valence-corrected chi connectivity index (χ0v) is 11.0. The van der Waals surface area contributed by atoms with Crippen LogP contribution in [0.5, 0.6) is 0 Å². The minimum atomic E-state index is 0.646. The fourth-order valence-electron chi connectivity index (χ4n) is 2.89. The Kier molecular flexibility index (Phi) is 4.19. The number of nitrogens with two attached hydrogens (primary N) is 1. The van der Waals surface area contributed by atoms with Gasteiger partial charge in [0, 0.05) is 25.2 Å². The molecule has 1 aromatic rings. The zero-order chi connectivity index (χ0) is 12.3. The summed E-state index contributed by atoms with van der Waals surface area (Å²) in [5.41, 5.74) is 8.49. The lowest BCUT2D eigenvalue weighted by atomic mass is 9.96. The van der Waals surface area contributed by atoms with Gasteiger partial charge >= 0.3 is 0 Å². The predicted molar refractivity (Wildman–Crippen MR) is 72.7 cm³/mol. The Morgan fingerprint density at radius 1 is 1.12 bits per heavy atom. The molecule has 2 atom stereocenters. The lowest BCUT2D eigenvalue weighted by molar-refractivity contribution is 0.0950. The average molecular weight is 232 g/mol. The minimum absolute atomic E-state index is 0.646. The van der Waals surface area contributed by atoms with Gasteiger partial charge in [-0.2, -0.15) is 0 Å². The number of hydrogen-bond acceptors (Lipinski definition) is 2. The standard InChI is InChI=1S/C15H24N2/c1-12-6-5-7-13(2)17(12)11-15-9-4-3-8-14(15)10-16/h3-4,8-9,12-13H,5-7,10-11,16H2,1-2H3/t12-,13+. The molecule has 94 valence electrons. The number of likely N-dealkylation sites (tertiary alicyclic amines) is 1. The van der Waals surface area contributed by atoms with E-state index in [1.807, 2.05) is 0 Å². The van der Waals surface area contributed by atoms with Crippen LogP contribution in [-0.4, -0.2) is 17.0 Å². The number of benzene rings is 1. The summed E-state index contributed by atoms with van der Waals surface area (Å²) in [5.74, 6) is 0. The molecule has 2 rings (SSSR count). The highest BCUT2D eigenvalue weighted by Crippen LogP contribution is 2.25. The van der Waals surface area contributed by atoms with Crippen LogP contribution in [-0.2, 0) is 13.1 Å². The molecule has 2 nitrogen and oxygen atoms in total. The van der Waals surface area contributed by atoms with Crippen LogP contribution < -0.4 is 5.73 Å². The first kappa shape index (κ1) is 12.6. The average Bonchev–Trinajstić information content (AvgIpc) is 2.34. The van der Waals surface area contributed by atoms with Crippen molar-refractivity contribution in [3.63, 3.8) is 0 Å². The number of nitrogens with zero attached hydrogens (tertiary/aromatic N) is 1. The Balaban J connectivity index is 2.13. The smallest absolute Gasteiger partial charge is 0.0242 e. The molecule has 0 bridgehead atoms. The molecule has 0 amide bonds. The van der Waals surface area contributed by atoms with Gasteiger partial charge in [0.25, 0.3) is 0 Å². The fraction of sp³-hybridized carbons (Fsp3) is 0.600. The second-order valence-corrected chi connectivity index (χ2v) is 5.27. The molecule has 1 heterocycles. The molecule has 0 aromatic heterocycles. The highest BCUT2D eigenvalue weighted by molar-refractivity contribution is 5.27. The number of hydrogen-bond donors (Lipinski definition) is 1. The summed E-state index contributed by atoms with van der Waals surface area (Å²) in [6.45, 7) is 6.39. The van der Waals surface area contributed by atoms with E-state index in [1.165, 1.54) is 30.4 Å². The number of piperidine rings is 1. The van der Waals surface area contributed by atoms with E-state index in [-0.39, 0.29) is 0 Å². The maximum Gasteiger partial charge on any atom is 0.0242 e. The summed E-state index contributed by atoms with van der Waals surface area (Å²) < 4.78 is 0. The lowest BCUT2D eigenvalue weighted by Crippen LogP contribution is -2.43. The summed E-state index contributed by atoms with van der Waals surface area (Å²) in [4.78, 5) is 2.62. The molecule has 0 saturated carbocycles. The molecule has 1 saturated heterocycles. The Morgan fingerprint density at radius 3 is 2.29 bits per heavy atom. The quantitative estimate of drug-likeness (QED) is 0.868. The molecule has 0 aliphatic carbocycles. The van der Waals surface area contributed by atoms with Crippen LogP contribution in [0.4, 0.5) is 0 Å². The summed E-state index contributed by atoms with van der Waals surface area (Å²) in [7, 11) is 0. The third kappa shape index (κ3) is 2.88. The summed E-state index contributed by atoms with van der Waals surface area (Å²) in [6.07, 6.45) is 4.03. The molecule has 1 aliphatic heterocycles. The second kappa shape index (κ2) is 5.65. The maximum absolute atomic E-state index is 5.81. The van der Waals surface area contributed by atoms with Crippen molar-refractivity contribution in [1.82, 2.24) is 4.90 Å². The Morgan fingerprint density at radius 2 is 1.71 bits per heavy atom. The van der Waals surface area contributed by atoms with Crippen LogP contribution in [0.1, 0.15) is 44.2 Å². The molecular weight excluding hydrogens is 208 g/mol. The zero-order valence-electron chi connectivity index (χ0n) is 11.0. The second-order valence-electron chi connectivity index (χ2n) is 5.27.